The van der Waals surface area contributed by atoms with Gasteiger partial charge in [-0.25, -0.2) is 9.78 Å². The topological polar surface area (TPSA) is 18.5 Å². The van der Waals surface area contributed by atoms with Crippen LogP contribution in [-0.2, 0) is 9.78 Å². The molecule has 2 heteroatoms. The first-order valence-electron chi connectivity index (χ1n) is 8.17. The second-order valence-electron chi connectivity index (χ2n) is 8.27. The Morgan fingerprint density at radius 1 is 0.773 bits per heavy atom. The van der Waals surface area contributed by atoms with Crippen LogP contribution in [0, 0.1) is 10.8 Å². The third-order valence-electron chi connectivity index (χ3n) is 4.02. The molecular formula is C20H30O2. The molecule has 0 radical (unpaired) electrons. The highest BCUT2D eigenvalue weighted by atomic mass is 17.2. The van der Waals surface area contributed by atoms with Crippen LogP contribution in [0.5, 0.6) is 0 Å². The number of hydrogen-bond donors (Lipinski definition) is 0. The van der Waals surface area contributed by atoms with Crippen LogP contribution in [0.1, 0.15) is 54.4 Å². The molecule has 2 rings (SSSR count). The Morgan fingerprint density at radius 3 is 1.45 bits per heavy atom. The van der Waals surface area contributed by atoms with E-state index in [1.54, 1.807) is 0 Å². The molecule has 22 heavy (non-hydrogen) atoms. The summed E-state index contributed by atoms with van der Waals surface area (Å²) in [5.41, 5.74) is 5.65. The van der Waals surface area contributed by atoms with Crippen LogP contribution < -0.4 is 0 Å². The van der Waals surface area contributed by atoms with E-state index in [-0.39, 0.29) is 10.8 Å². The van der Waals surface area contributed by atoms with E-state index in [1.165, 1.54) is 22.3 Å². The first-order valence-corrected chi connectivity index (χ1v) is 8.17. The maximum atomic E-state index is 5.44. The molecule has 0 saturated carbocycles. The molecule has 0 unspecified atom stereocenters. The van der Waals surface area contributed by atoms with E-state index in [1.807, 2.05) is 0 Å². The maximum Gasteiger partial charge on any atom is 0.107 e. The average molecular weight is 302 g/mol. The summed E-state index contributed by atoms with van der Waals surface area (Å²) in [5, 5.41) is 0. The van der Waals surface area contributed by atoms with E-state index < -0.39 is 0 Å². The van der Waals surface area contributed by atoms with Crippen LogP contribution in [0.15, 0.2) is 46.6 Å². The van der Waals surface area contributed by atoms with Gasteiger partial charge in [0.2, 0.25) is 0 Å². The Balaban J connectivity index is 1.83. The molecule has 122 valence electrons. The molecule has 2 aliphatic rings. The molecule has 0 bridgehead atoms. The molecule has 0 aromatic carbocycles. The zero-order valence-electron chi connectivity index (χ0n) is 15.0. The van der Waals surface area contributed by atoms with Gasteiger partial charge >= 0.3 is 0 Å². The average Bonchev–Trinajstić information content (AvgIpc) is 2.29. The van der Waals surface area contributed by atoms with Crippen molar-refractivity contribution in [3.8, 4) is 0 Å². The lowest BCUT2D eigenvalue weighted by atomic mass is 9.80. The van der Waals surface area contributed by atoms with Gasteiger partial charge in [0.15, 0.2) is 0 Å². The second kappa shape index (κ2) is 6.55. The highest BCUT2D eigenvalue weighted by Crippen LogP contribution is 2.34. The van der Waals surface area contributed by atoms with Crippen molar-refractivity contribution in [1.29, 1.82) is 0 Å². The van der Waals surface area contributed by atoms with Crippen molar-refractivity contribution >= 4 is 0 Å². The van der Waals surface area contributed by atoms with Crippen molar-refractivity contribution in [1.82, 2.24) is 0 Å². The monoisotopic (exact) mass is 302 g/mol. The van der Waals surface area contributed by atoms with Gasteiger partial charge in [-0.3, -0.25) is 0 Å². The summed E-state index contributed by atoms with van der Waals surface area (Å²) in [4.78, 5) is 10.9. The summed E-state index contributed by atoms with van der Waals surface area (Å²) in [6, 6.07) is 0. The smallest absolute Gasteiger partial charge is 0.107 e. The van der Waals surface area contributed by atoms with E-state index in [0.29, 0.717) is 13.2 Å². The Kier molecular flexibility index (Phi) is 5.14. The standard InChI is InChI=1S/C20H30O2/c1-15-7-17(11-19(3,4)9-15)13-21-22-14-18-8-16(2)10-20(5,6)12-18/h7-8,11-12H,9-10,13-14H2,1-6H3. The molecule has 2 nitrogen and oxygen atoms in total. The van der Waals surface area contributed by atoms with E-state index in [0.717, 1.165) is 12.8 Å². The SMILES string of the molecule is CC1=CC(COOCC2=CC(C)(C)CC(C)=C2)=CC(C)(C)C1. The van der Waals surface area contributed by atoms with Crippen molar-refractivity contribution in [2.75, 3.05) is 13.2 Å². The molecular weight excluding hydrogens is 272 g/mol. The minimum absolute atomic E-state index is 0.216. The van der Waals surface area contributed by atoms with E-state index >= 15 is 0 Å². The van der Waals surface area contributed by atoms with Gasteiger partial charge in [0, 0.05) is 0 Å². The highest BCUT2D eigenvalue weighted by Gasteiger charge is 2.21. The van der Waals surface area contributed by atoms with Crippen molar-refractivity contribution < 1.29 is 9.78 Å². The lowest BCUT2D eigenvalue weighted by Crippen LogP contribution is -2.16. The molecule has 0 heterocycles. The zero-order valence-corrected chi connectivity index (χ0v) is 15.0. The molecule has 0 amide bonds. The lowest BCUT2D eigenvalue weighted by Gasteiger charge is -2.27. The van der Waals surface area contributed by atoms with Gasteiger partial charge in [0.25, 0.3) is 0 Å². The van der Waals surface area contributed by atoms with Crippen LogP contribution in [0.2, 0.25) is 0 Å². The lowest BCUT2D eigenvalue weighted by molar-refractivity contribution is -0.280. The third-order valence-corrected chi connectivity index (χ3v) is 4.02. The second-order valence-corrected chi connectivity index (χ2v) is 8.27. The van der Waals surface area contributed by atoms with Gasteiger partial charge in [-0.1, -0.05) is 63.1 Å². The predicted molar refractivity (Wildman–Crippen MR) is 92.4 cm³/mol. The van der Waals surface area contributed by atoms with Crippen LogP contribution in [0.25, 0.3) is 0 Å². The van der Waals surface area contributed by atoms with Crippen molar-refractivity contribution in [3.05, 3.63) is 46.6 Å². The molecule has 2 aliphatic carbocycles. The largest absolute Gasteiger partial charge is 0.232 e. The van der Waals surface area contributed by atoms with Gasteiger partial charge in [-0.05, 0) is 48.7 Å². The van der Waals surface area contributed by atoms with E-state index in [9.17, 15) is 0 Å². The molecule has 0 aromatic heterocycles. The summed E-state index contributed by atoms with van der Waals surface area (Å²) < 4.78 is 0. The predicted octanol–water partition coefficient (Wildman–Crippen LogP) is 5.54. The molecule has 0 aliphatic heterocycles. The van der Waals surface area contributed by atoms with Gasteiger partial charge in [-0.15, -0.1) is 0 Å². The zero-order chi connectivity index (χ0) is 16.4. The first-order chi connectivity index (χ1) is 10.2. The number of rotatable bonds is 5. The minimum Gasteiger partial charge on any atom is -0.232 e. The van der Waals surface area contributed by atoms with Crippen molar-refractivity contribution in [2.24, 2.45) is 10.8 Å². The Morgan fingerprint density at radius 2 is 1.14 bits per heavy atom. The number of allylic oxidation sites excluding steroid dienone is 4. The van der Waals surface area contributed by atoms with E-state index in [4.69, 9.17) is 9.78 Å². The molecule has 0 spiro atoms. The summed E-state index contributed by atoms with van der Waals surface area (Å²) in [7, 11) is 0. The Hall–Kier alpha value is -1.12. The van der Waals surface area contributed by atoms with Crippen molar-refractivity contribution in [2.45, 2.75) is 54.4 Å². The van der Waals surface area contributed by atoms with Gasteiger partial charge < -0.3 is 0 Å². The normalized spacial score (nSPS) is 23.4. The summed E-state index contributed by atoms with van der Waals surface area (Å²) >= 11 is 0. The van der Waals surface area contributed by atoms with Crippen LogP contribution in [0.4, 0.5) is 0 Å². The third kappa shape index (κ3) is 5.26. The fourth-order valence-electron chi connectivity index (χ4n) is 3.75. The fourth-order valence-corrected chi connectivity index (χ4v) is 3.75. The minimum atomic E-state index is 0.216. The van der Waals surface area contributed by atoms with Crippen LogP contribution in [0.3, 0.4) is 0 Å². The summed E-state index contributed by atoms with van der Waals surface area (Å²) in [6.45, 7) is 14.4. The van der Waals surface area contributed by atoms with Gasteiger partial charge in [-0.2, -0.15) is 0 Å². The molecule has 0 aromatic rings. The van der Waals surface area contributed by atoms with Gasteiger partial charge in [0.1, 0.15) is 13.2 Å². The molecule has 0 N–H and O–H groups in total. The Bertz CT molecular complexity index is 492. The molecule has 0 atom stereocenters. The van der Waals surface area contributed by atoms with Gasteiger partial charge in [0.05, 0.1) is 0 Å². The van der Waals surface area contributed by atoms with Crippen LogP contribution >= 0.6 is 0 Å². The summed E-state index contributed by atoms with van der Waals surface area (Å²) in [5.74, 6) is 0. The molecule has 0 saturated heterocycles. The van der Waals surface area contributed by atoms with Crippen molar-refractivity contribution in [3.63, 3.8) is 0 Å². The number of hydrogen-bond acceptors (Lipinski definition) is 2. The quantitative estimate of drug-likeness (QED) is 0.377. The summed E-state index contributed by atoms with van der Waals surface area (Å²) in [6.07, 6.45) is 11.2. The maximum absolute atomic E-state index is 5.44. The highest BCUT2D eigenvalue weighted by molar-refractivity contribution is 5.31. The Labute approximate surface area is 135 Å². The first kappa shape index (κ1) is 17.2. The van der Waals surface area contributed by atoms with Crippen LogP contribution in [-0.4, -0.2) is 13.2 Å². The van der Waals surface area contributed by atoms with E-state index in [2.05, 4.69) is 65.8 Å². The fraction of sp³-hybridized carbons (Fsp3) is 0.600. The molecule has 0 fully saturated rings.